The van der Waals surface area contributed by atoms with Crippen LogP contribution >= 0.6 is 0 Å². The molecule has 0 aliphatic rings. The molecule has 0 saturated heterocycles. The van der Waals surface area contributed by atoms with Crippen LogP contribution in [0.25, 0.3) is 0 Å². The average Bonchev–Trinajstić information content (AvgIpc) is 2.28. The summed E-state index contributed by atoms with van der Waals surface area (Å²) in [6.07, 6.45) is 4.90. The van der Waals surface area contributed by atoms with E-state index in [-0.39, 0.29) is 5.95 Å². The Morgan fingerprint density at radius 3 is 2.76 bits per heavy atom. The fraction of sp³-hybridized carbons (Fsp3) is 0.667. The number of nitrogen functional groups attached to an aromatic ring is 1. The molecule has 1 aromatic heterocycles. The summed E-state index contributed by atoms with van der Waals surface area (Å²) >= 11 is 0. The van der Waals surface area contributed by atoms with E-state index < -0.39 is 0 Å². The van der Waals surface area contributed by atoms with E-state index in [0.717, 1.165) is 18.8 Å². The van der Waals surface area contributed by atoms with Gasteiger partial charge in [-0.25, -0.2) is 0 Å². The number of anilines is 2. The second kappa shape index (κ2) is 7.70. The van der Waals surface area contributed by atoms with Gasteiger partial charge in [0.05, 0.1) is 6.61 Å². The molecule has 0 fully saturated rings. The third-order valence-electron chi connectivity index (χ3n) is 2.35. The minimum absolute atomic E-state index is 0.243. The SMILES string of the molecule is CCCCCCNc1cc(OCC)nc(N)n1. The van der Waals surface area contributed by atoms with E-state index in [9.17, 15) is 0 Å². The molecule has 96 valence electrons. The smallest absolute Gasteiger partial charge is 0.225 e. The van der Waals surface area contributed by atoms with Gasteiger partial charge < -0.3 is 15.8 Å². The van der Waals surface area contributed by atoms with E-state index >= 15 is 0 Å². The van der Waals surface area contributed by atoms with Crippen molar-refractivity contribution in [1.29, 1.82) is 0 Å². The molecule has 0 saturated carbocycles. The molecule has 1 rings (SSSR count). The van der Waals surface area contributed by atoms with Crippen molar-refractivity contribution in [1.82, 2.24) is 9.97 Å². The fourth-order valence-corrected chi connectivity index (χ4v) is 1.52. The Kier molecular flexibility index (Phi) is 6.14. The Morgan fingerprint density at radius 2 is 2.06 bits per heavy atom. The first-order valence-electron chi connectivity index (χ1n) is 6.27. The molecule has 1 heterocycles. The first-order chi connectivity index (χ1) is 8.26. The number of nitrogens with one attached hydrogen (secondary N) is 1. The minimum Gasteiger partial charge on any atom is -0.478 e. The first kappa shape index (κ1) is 13.5. The van der Waals surface area contributed by atoms with Gasteiger partial charge in [-0.05, 0) is 13.3 Å². The van der Waals surface area contributed by atoms with E-state index in [4.69, 9.17) is 10.5 Å². The van der Waals surface area contributed by atoms with Crippen LogP contribution in [0.2, 0.25) is 0 Å². The first-order valence-corrected chi connectivity index (χ1v) is 6.27. The van der Waals surface area contributed by atoms with Crippen LogP contribution in [0, 0.1) is 0 Å². The zero-order chi connectivity index (χ0) is 12.5. The van der Waals surface area contributed by atoms with Crippen LogP contribution in [0.15, 0.2) is 6.07 Å². The Bertz CT molecular complexity index is 330. The topological polar surface area (TPSA) is 73.1 Å². The fourth-order valence-electron chi connectivity index (χ4n) is 1.52. The van der Waals surface area contributed by atoms with Gasteiger partial charge in [0, 0.05) is 12.6 Å². The number of ether oxygens (including phenoxy) is 1. The highest BCUT2D eigenvalue weighted by Crippen LogP contribution is 2.14. The summed E-state index contributed by atoms with van der Waals surface area (Å²) in [6.45, 7) is 5.59. The lowest BCUT2D eigenvalue weighted by Crippen LogP contribution is -2.07. The molecule has 0 spiro atoms. The molecule has 0 radical (unpaired) electrons. The van der Waals surface area contributed by atoms with E-state index in [2.05, 4.69) is 22.2 Å². The summed E-state index contributed by atoms with van der Waals surface area (Å²) < 4.78 is 5.30. The molecule has 0 aliphatic carbocycles. The van der Waals surface area contributed by atoms with Gasteiger partial charge in [-0.1, -0.05) is 26.2 Å². The molecule has 0 amide bonds. The Morgan fingerprint density at radius 1 is 1.24 bits per heavy atom. The second-order valence-corrected chi connectivity index (χ2v) is 3.87. The van der Waals surface area contributed by atoms with Gasteiger partial charge in [-0.2, -0.15) is 9.97 Å². The van der Waals surface area contributed by atoms with Crippen molar-refractivity contribution in [2.24, 2.45) is 0 Å². The lowest BCUT2D eigenvalue weighted by Gasteiger charge is -2.08. The maximum Gasteiger partial charge on any atom is 0.225 e. The summed E-state index contributed by atoms with van der Waals surface area (Å²) in [7, 11) is 0. The number of nitrogens with zero attached hydrogens (tertiary/aromatic N) is 2. The summed E-state index contributed by atoms with van der Waals surface area (Å²) in [5, 5.41) is 3.23. The molecular weight excluding hydrogens is 216 g/mol. The normalized spacial score (nSPS) is 10.2. The van der Waals surface area contributed by atoms with Gasteiger partial charge in [0.15, 0.2) is 0 Å². The van der Waals surface area contributed by atoms with Crippen molar-refractivity contribution >= 4 is 11.8 Å². The van der Waals surface area contributed by atoms with Gasteiger partial charge in [0.1, 0.15) is 5.82 Å². The highest BCUT2D eigenvalue weighted by atomic mass is 16.5. The van der Waals surface area contributed by atoms with Crippen molar-refractivity contribution in [3.05, 3.63) is 6.07 Å². The van der Waals surface area contributed by atoms with Crippen LogP contribution in [0.5, 0.6) is 5.88 Å². The molecule has 17 heavy (non-hydrogen) atoms. The maximum absolute atomic E-state index is 5.60. The van der Waals surface area contributed by atoms with Gasteiger partial charge in [-0.15, -0.1) is 0 Å². The molecule has 0 unspecified atom stereocenters. The zero-order valence-electron chi connectivity index (χ0n) is 10.7. The Hall–Kier alpha value is -1.52. The van der Waals surface area contributed by atoms with Crippen molar-refractivity contribution in [3.8, 4) is 5.88 Å². The second-order valence-electron chi connectivity index (χ2n) is 3.87. The Labute approximate surface area is 103 Å². The monoisotopic (exact) mass is 238 g/mol. The minimum atomic E-state index is 0.243. The molecule has 5 nitrogen and oxygen atoms in total. The highest BCUT2D eigenvalue weighted by Gasteiger charge is 2.02. The predicted octanol–water partition coefficient (Wildman–Crippen LogP) is 2.45. The highest BCUT2D eigenvalue weighted by molar-refractivity contribution is 5.42. The van der Waals surface area contributed by atoms with Crippen LogP contribution in [0.3, 0.4) is 0 Å². The van der Waals surface area contributed by atoms with Gasteiger partial charge in [0.2, 0.25) is 11.8 Å². The maximum atomic E-state index is 5.60. The van der Waals surface area contributed by atoms with Crippen LogP contribution in [-0.2, 0) is 0 Å². The third kappa shape index (κ3) is 5.38. The van der Waals surface area contributed by atoms with E-state index in [1.807, 2.05) is 6.92 Å². The molecule has 0 aliphatic heterocycles. The summed E-state index contributed by atoms with van der Waals surface area (Å²) in [4.78, 5) is 8.10. The van der Waals surface area contributed by atoms with Crippen LogP contribution < -0.4 is 15.8 Å². The van der Waals surface area contributed by atoms with Crippen LogP contribution in [0.4, 0.5) is 11.8 Å². The standard InChI is InChI=1S/C12H22N4O/c1-3-5-6-7-8-14-10-9-11(17-4-2)16-12(13)15-10/h9H,3-8H2,1-2H3,(H3,13,14,15,16). The van der Waals surface area contributed by atoms with E-state index in [1.54, 1.807) is 6.07 Å². The van der Waals surface area contributed by atoms with Crippen molar-refractivity contribution in [2.75, 3.05) is 24.2 Å². The van der Waals surface area contributed by atoms with Crippen molar-refractivity contribution < 1.29 is 4.74 Å². The number of nitrogens with two attached hydrogens (primary N) is 1. The molecule has 5 heteroatoms. The van der Waals surface area contributed by atoms with E-state index in [1.165, 1.54) is 19.3 Å². The molecule has 1 aromatic rings. The molecule has 0 aromatic carbocycles. The quantitative estimate of drug-likeness (QED) is 0.680. The van der Waals surface area contributed by atoms with Crippen LogP contribution in [-0.4, -0.2) is 23.1 Å². The lowest BCUT2D eigenvalue weighted by atomic mass is 10.2. The van der Waals surface area contributed by atoms with Gasteiger partial charge >= 0.3 is 0 Å². The average molecular weight is 238 g/mol. The number of hydrogen-bond acceptors (Lipinski definition) is 5. The molecular formula is C12H22N4O. The van der Waals surface area contributed by atoms with Crippen molar-refractivity contribution in [2.45, 2.75) is 39.5 Å². The molecule has 0 atom stereocenters. The molecule has 0 bridgehead atoms. The number of hydrogen-bond donors (Lipinski definition) is 2. The number of unbranched alkanes of at least 4 members (excludes halogenated alkanes) is 3. The van der Waals surface area contributed by atoms with Crippen LogP contribution in [0.1, 0.15) is 39.5 Å². The largest absolute Gasteiger partial charge is 0.478 e. The van der Waals surface area contributed by atoms with E-state index in [0.29, 0.717) is 12.5 Å². The molecule has 3 N–H and O–H groups in total. The lowest BCUT2D eigenvalue weighted by molar-refractivity contribution is 0.327. The van der Waals surface area contributed by atoms with Gasteiger partial charge in [0.25, 0.3) is 0 Å². The van der Waals surface area contributed by atoms with Crippen molar-refractivity contribution in [3.63, 3.8) is 0 Å². The van der Waals surface area contributed by atoms with Gasteiger partial charge in [-0.3, -0.25) is 0 Å². The predicted molar refractivity (Wildman–Crippen MR) is 70.2 cm³/mol. The third-order valence-corrected chi connectivity index (χ3v) is 2.35. The zero-order valence-corrected chi connectivity index (χ0v) is 10.7. The summed E-state index contributed by atoms with van der Waals surface area (Å²) in [6, 6.07) is 1.78. The summed E-state index contributed by atoms with van der Waals surface area (Å²) in [5.74, 6) is 1.50. The number of rotatable bonds is 8. The Balaban J connectivity index is 2.41. The summed E-state index contributed by atoms with van der Waals surface area (Å²) in [5.41, 5.74) is 5.60. The number of aromatic nitrogens is 2.